The number of nitriles is 1. The van der Waals surface area contributed by atoms with Gasteiger partial charge in [0, 0.05) is 18.0 Å². The second-order valence-corrected chi connectivity index (χ2v) is 6.28. The topological polar surface area (TPSA) is 62.5 Å². The van der Waals surface area contributed by atoms with E-state index in [2.05, 4.69) is 37.0 Å². The Bertz CT molecular complexity index is 901. The van der Waals surface area contributed by atoms with Crippen molar-refractivity contribution in [3.63, 3.8) is 0 Å². The van der Waals surface area contributed by atoms with Gasteiger partial charge in [-0.05, 0) is 40.5 Å². The van der Waals surface area contributed by atoms with E-state index in [1.165, 1.54) is 23.6 Å². The fraction of sp³-hybridized carbons (Fsp3) is 0.0667. The lowest BCUT2D eigenvalue weighted by atomic mass is 10.1. The lowest BCUT2D eigenvalue weighted by molar-refractivity contribution is 0.622. The number of nitrogens with zero attached hydrogens (tertiary/aromatic N) is 4. The molecule has 0 spiro atoms. The SMILES string of the molecule is Cc1cc(C#N)cnc1-c1sc(-c2cncc(F)c2)nc1Br. The van der Waals surface area contributed by atoms with Gasteiger partial charge < -0.3 is 0 Å². The highest BCUT2D eigenvalue weighted by Crippen LogP contribution is 2.38. The van der Waals surface area contributed by atoms with Crippen LogP contribution in [0.25, 0.3) is 21.1 Å². The number of aromatic nitrogens is 3. The molecule has 0 saturated carbocycles. The van der Waals surface area contributed by atoms with Crippen LogP contribution in [-0.4, -0.2) is 15.0 Å². The molecule has 0 aliphatic rings. The second-order valence-electron chi connectivity index (χ2n) is 4.53. The third kappa shape index (κ3) is 2.75. The van der Waals surface area contributed by atoms with Crippen molar-refractivity contribution in [2.24, 2.45) is 0 Å². The summed E-state index contributed by atoms with van der Waals surface area (Å²) < 4.78 is 13.9. The zero-order chi connectivity index (χ0) is 15.7. The summed E-state index contributed by atoms with van der Waals surface area (Å²) in [6.07, 6.45) is 4.24. The van der Waals surface area contributed by atoms with Gasteiger partial charge in [-0.15, -0.1) is 11.3 Å². The van der Waals surface area contributed by atoms with Gasteiger partial charge >= 0.3 is 0 Å². The summed E-state index contributed by atoms with van der Waals surface area (Å²) in [6.45, 7) is 1.89. The molecule has 3 heterocycles. The van der Waals surface area contributed by atoms with Crippen molar-refractivity contribution in [3.8, 4) is 27.2 Å². The molecule has 0 amide bonds. The number of aryl methyl sites for hydroxylation is 1. The Morgan fingerprint density at radius 2 is 2.09 bits per heavy atom. The van der Waals surface area contributed by atoms with Crippen LogP contribution in [0.3, 0.4) is 0 Å². The molecule has 7 heteroatoms. The smallest absolute Gasteiger partial charge is 0.142 e. The van der Waals surface area contributed by atoms with Crippen molar-refractivity contribution in [1.82, 2.24) is 15.0 Å². The molecular formula is C15H8BrFN4S. The van der Waals surface area contributed by atoms with E-state index in [0.29, 0.717) is 20.7 Å². The minimum Gasteiger partial charge on any atom is -0.261 e. The van der Waals surface area contributed by atoms with Gasteiger partial charge in [-0.2, -0.15) is 5.26 Å². The largest absolute Gasteiger partial charge is 0.261 e. The van der Waals surface area contributed by atoms with Gasteiger partial charge in [0.2, 0.25) is 0 Å². The summed E-state index contributed by atoms with van der Waals surface area (Å²) >= 11 is 4.81. The summed E-state index contributed by atoms with van der Waals surface area (Å²) in [7, 11) is 0. The Kier molecular flexibility index (Phi) is 3.96. The normalized spacial score (nSPS) is 10.5. The Morgan fingerprint density at radius 3 is 2.77 bits per heavy atom. The summed E-state index contributed by atoms with van der Waals surface area (Å²) in [6, 6.07) is 5.23. The molecule has 4 nitrogen and oxygen atoms in total. The van der Waals surface area contributed by atoms with Gasteiger partial charge in [-0.3, -0.25) is 9.97 Å². The number of halogens is 2. The third-order valence-electron chi connectivity index (χ3n) is 2.96. The molecule has 0 fully saturated rings. The van der Waals surface area contributed by atoms with Crippen LogP contribution in [0.15, 0.2) is 35.3 Å². The fourth-order valence-electron chi connectivity index (χ4n) is 1.97. The highest BCUT2D eigenvalue weighted by molar-refractivity contribution is 9.10. The van der Waals surface area contributed by atoms with E-state index in [1.807, 2.05) is 6.92 Å². The number of hydrogen-bond acceptors (Lipinski definition) is 5. The van der Waals surface area contributed by atoms with E-state index in [9.17, 15) is 4.39 Å². The van der Waals surface area contributed by atoms with Crippen molar-refractivity contribution >= 4 is 27.3 Å². The van der Waals surface area contributed by atoms with E-state index in [-0.39, 0.29) is 0 Å². The monoisotopic (exact) mass is 374 g/mol. The predicted molar refractivity (Wildman–Crippen MR) is 85.7 cm³/mol. The summed E-state index contributed by atoms with van der Waals surface area (Å²) in [5, 5.41) is 9.56. The number of hydrogen-bond donors (Lipinski definition) is 0. The first kappa shape index (κ1) is 14.8. The zero-order valence-corrected chi connectivity index (χ0v) is 13.7. The average Bonchev–Trinajstić information content (AvgIpc) is 2.89. The molecule has 3 aromatic rings. The zero-order valence-electron chi connectivity index (χ0n) is 11.3. The van der Waals surface area contributed by atoms with Crippen molar-refractivity contribution in [2.75, 3.05) is 0 Å². The van der Waals surface area contributed by atoms with Gasteiger partial charge in [0.05, 0.1) is 22.3 Å². The van der Waals surface area contributed by atoms with Crippen LogP contribution in [0.5, 0.6) is 0 Å². The lowest BCUT2D eigenvalue weighted by Gasteiger charge is -2.02. The molecule has 0 aliphatic heterocycles. The van der Waals surface area contributed by atoms with E-state index in [0.717, 1.165) is 22.3 Å². The molecular weight excluding hydrogens is 367 g/mol. The number of thiazole rings is 1. The molecule has 0 bridgehead atoms. The fourth-order valence-corrected chi connectivity index (χ4v) is 3.70. The van der Waals surface area contributed by atoms with Gasteiger partial charge in [0.15, 0.2) is 0 Å². The lowest BCUT2D eigenvalue weighted by Crippen LogP contribution is -1.88. The molecule has 0 aliphatic carbocycles. The van der Waals surface area contributed by atoms with E-state index in [1.54, 1.807) is 12.3 Å². The van der Waals surface area contributed by atoms with Crippen LogP contribution in [0.1, 0.15) is 11.1 Å². The van der Waals surface area contributed by atoms with Crippen LogP contribution in [0, 0.1) is 24.1 Å². The van der Waals surface area contributed by atoms with Crippen molar-refractivity contribution < 1.29 is 4.39 Å². The quantitative estimate of drug-likeness (QED) is 0.668. The molecule has 0 radical (unpaired) electrons. The first-order valence-corrected chi connectivity index (χ1v) is 7.84. The molecule has 0 N–H and O–H groups in total. The van der Waals surface area contributed by atoms with Gasteiger partial charge in [-0.25, -0.2) is 9.37 Å². The first-order valence-electron chi connectivity index (χ1n) is 6.23. The molecule has 22 heavy (non-hydrogen) atoms. The minimum absolute atomic E-state index is 0.405. The standard InChI is InChI=1S/C15H8BrFN4S/c1-8-2-9(4-18)5-20-12(8)13-14(16)21-15(22-13)10-3-11(17)7-19-6-10/h2-3,5-7H,1H3. The second kappa shape index (κ2) is 5.91. The molecule has 3 rings (SSSR count). The maximum atomic E-state index is 13.3. The summed E-state index contributed by atoms with van der Waals surface area (Å²) in [5.41, 5.74) is 2.76. The summed E-state index contributed by atoms with van der Waals surface area (Å²) in [5.74, 6) is -0.405. The Balaban J connectivity index is 2.09. The van der Waals surface area contributed by atoms with Crippen LogP contribution >= 0.6 is 27.3 Å². The van der Waals surface area contributed by atoms with Crippen molar-refractivity contribution in [1.29, 1.82) is 5.26 Å². The third-order valence-corrected chi connectivity index (χ3v) is 4.91. The maximum absolute atomic E-state index is 13.3. The first-order chi connectivity index (χ1) is 10.6. The molecule has 108 valence electrons. The molecule has 0 atom stereocenters. The minimum atomic E-state index is -0.405. The molecule has 0 unspecified atom stereocenters. The Morgan fingerprint density at radius 1 is 1.27 bits per heavy atom. The summed E-state index contributed by atoms with van der Waals surface area (Å²) in [4.78, 5) is 13.4. The van der Waals surface area contributed by atoms with Gasteiger partial charge in [0.1, 0.15) is 21.5 Å². The van der Waals surface area contributed by atoms with Crippen molar-refractivity contribution in [3.05, 3.63) is 52.3 Å². The van der Waals surface area contributed by atoms with Gasteiger partial charge in [-0.1, -0.05) is 0 Å². The maximum Gasteiger partial charge on any atom is 0.142 e. The van der Waals surface area contributed by atoms with E-state index in [4.69, 9.17) is 5.26 Å². The van der Waals surface area contributed by atoms with E-state index >= 15 is 0 Å². The van der Waals surface area contributed by atoms with Crippen molar-refractivity contribution in [2.45, 2.75) is 6.92 Å². The van der Waals surface area contributed by atoms with Crippen LogP contribution < -0.4 is 0 Å². The molecule has 0 aromatic carbocycles. The van der Waals surface area contributed by atoms with Crippen LogP contribution in [0.2, 0.25) is 0 Å². The highest BCUT2D eigenvalue weighted by Gasteiger charge is 2.16. The highest BCUT2D eigenvalue weighted by atomic mass is 79.9. The Hall–Kier alpha value is -2.17. The van der Waals surface area contributed by atoms with Crippen LogP contribution in [-0.2, 0) is 0 Å². The van der Waals surface area contributed by atoms with E-state index < -0.39 is 5.82 Å². The number of rotatable bonds is 2. The van der Waals surface area contributed by atoms with Crippen LogP contribution in [0.4, 0.5) is 4.39 Å². The molecule has 0 saturated heterocycles. The molecule has 3 aromatic heterocycles. The number of pyridine rings is 2. The Labute approximate surface area is 138 Å². The van der Waals surface area contributed by atoms with Gasteiger partial charge in [0.25, 0.3) is 0 Å². The average molecular weight is 375 g/mol. The predicted octanol–water partition coefficient (Wildman–Crippen LogP) is 4.35.